The molecule has 2 aliphatic heterocycles. The molecule has 0 aliphatic carbocycles. The van der Waals surface area contributed by atoms with E-state index < -0.39 is 23.6 Å². The summed E-state index contributed by atoms with van der Waals surface area (Å²) >= 11 is 0. The number of ether oxygens (including phenoxy) is 1. The Hall–Kier alpha value is -4.15. The second-order valence-electron chi connectivity index (χ2n) is 10.1. The molecule has 2 fully saturated rings. The minimum Gasteiger partial charge on any atom is -0.444 e. The standard InChI is InChI=1S/C28H31F2N5O4/c1-4-28(3,32-18(2)36)26-16-35(27(37)39-26)20-6-8-24(22(30)14-20)34-11-9-33(10-12-34)23-7-5-19(13-21(23)29)25-15-31-17-38-25/h5-8,13-15,17,26H,4,9-12,16H2,1-3H3,(H,32,36)/t26-,28?/m0/s1. The summed E-state index contributed by atoms with van der Waals surface area (Å²) in [5, 5.41) is 2.87. The van der Waals surface area contributed by atoms with Crippen LogP contribution < -0.4 is 20.0 Å². The number of nitrogens with one attached hydrogen (secondary N) is 1. The largest absolute Gasteiger partial charge is 0.444 e. The highest BCUT2D eigenvalue weighted by Gasteiger charge is 2.44. The number of oxazole rings is 1. The lowest BCUT2D eigenvalue weighted by Gasteiger charge is -2.37. The molecule has 2 aromatic carbocycles. The minimum atomic E-state index is -0.732. The fourth-order valence-corrected chi connectivity index (χ4v) is 5.19. The van der Waals surface area contributed by atoms with Crippen LogP contribution in [0.3, 0.4) is 0 Å². The fraction of sp³-hybridized carbons (Fsp3) is 0.393. The van der Waals surface area contributed by atoms with Crippen molar-refractivity contribution in [1.82, 2.24) is 10.3 Å². The highest BCUT2D eigenvalue weighted by molar-refractivity contribution is 5.90. The number of anilines is 3. The minimum absolute atomic E-state index is 0.196. The van der Waals surface area contributed by atoms with E-state index in [9.17, 15) is 14.0 Å². The maximum absolute atomic E-state index is 15.3. The van der Waals surface area contributed by atoms with E-state index in [1.165, 1.54) is 36.5 Å². The zero-order chi connectivity index (χ0) is 27.7. The van der Waals surface area contributed by atoms with Crippen molar-refractivity contribution in [3.05, 3.63) is 60.6 Å². The Morgan fingerprint density at radius 3 is 2.26 bits per heavy atom. The second-order valence-corrected chi connectivity index (χ2v) is 10.1. The smallest absolute Gasteiger partial charge is 0.414 e. The van der Waals surface area contributed by atoms with Crippen LogP contribution in [0.25, 0.3) is 11.3 Å². The Kier molecular flexibility index (Phi) is 7.16. The molecule has 2 amide bonds. The van der Waals surface area contributed by atoms with E-state index in [1.807, 2.05) is 23.6 Å². The lowest BCUT2D eigenvalue weighted by molar-refractivity contribution is -0.122. The van der Waals surface area contributed by atoms with Gasteiger partial charge < -0.3 is 24.3 Å². The molecule has 11 heteroatoms. The highest BCUT2D eigenvalue weighted by atomic mass is 19.1. The highest BCUT2D eigenvalue weighted by Crippen LogP contribution is 2.33. The van der Waals surface area contributed by atoms with Crippen LogP contribution in [0.2, 0.25) is 0 Å². The summed E-state index contributed by atoms with van der Waals surface area (Å²) in [5.74, 6) is -0.536. The van der Waals surface area contributed by atoms with Crippen molar-refractivity contribution in [1.29, 1.82) is 0 Å². The van der Waals surface area contributed by atoms with Gasteiger partial charge in [-0.1, -0.05) is 6.92 Å². The number of carbonyl (C=O) groups is 2. The molecular weight excluding hydrogens is 508 g/mol. The van der Waals surface area contributed by atoms with Crippen molar-refractivity contribution in [2.75, 3.05) is 47.4 Å². The molecule has 1 N–H and O–H groups in total. The molecule has 206 valence electrons. The molecule has 1 unspecified atom stereocenters. The molecule has 1 aromatic heterocycles. The second kappa shape index (κ2) is 10.5. The topological polar surface area (TPSA) is 91.2 Å². The summed E-state index contributed by atoms with van der Waals surface area (Å²) in [6.07, 6.45) is 2.25. The number of hydrogen-bond donors (Lipinski definition) is 1. The van der Waals surface area contributed by atoms with Crippen LogP contribution >= 0.6 is 0 Å². The molecule has 0 saturated carbocycles. The predicted octanol–water partition coefficient (Wildman–Crippen LogP) is 4.58. The number of cyclic esters (lactones) is 1. The van der Waals surface area contributed by atoms with Gasteiger partial charge in [0.1, 0.15) is 17.7 Å². The summed E-state index contributed by atoms with van der Waals surface area (Å²) in [5.41, 5.74) is 1.16. The van der Waals surface area contributed by atoms with Gasteiger partial charge in [0.25, 0.3) is 0 Å². The number of hydrogen-bond acceptors (Lipinski definition) is 7. The van der Waals surface area contributed by atoms with Crippen molar-refractivity contribution in [3.63, 3.8) is 0 Å². The van der Waals surface area contributed by atoms with Crippen LogP contribution in [0, 0.1) is 11.6 Å². The van der Waals surface area contributed by atoms with E-state index in [0.717, 1.165) is 0 Å². The molecule has 2 saturated heterocycles. The van der Waals surface area contributed by atoms with Crippen LogP contribution in [0.5, 0.6) is 0 Å². The van der Waals surface area contributed by atoms with E-state index in [0.29, 0.717) is 61.0 Å². The number of aromatic nitrogens is 1. The third kappa shape index (κ3) is 5.25. The van der Waals surface area contributed by atoms with Gasteiger partial charge in [0.15, 0.2) is 12.2 Å². The van der Waals surface area contributed by atoms with Crippen molar-refractivity contribution in [2.45, 2.75) is 38.8 Å². The first-order chi connectivity index (χ1) is 18.7. The average Bonchev–Trinajstić information content (AvgIpc) is 3.59. The first kappa shape index (κ1) is 26.5. The first-order valence-corrected chi connectivity index (χ1v) is 12.9. The van der Waals surface area contributed by atoms with Gasteiger partial charge in [0, 0.05) is 38.7 Å². The molecule has 0 radical (unpaired) electrons. The summed E-state index contributed by atoms with van der Waals surface area (Å²) in [6, 6.07) is 9.61. The number of carbonyl (C=O) groups excluding carboxylic acids is 2. The van der Waals surface area contributed by atoms with Gasteiger partial charge in [-0.25, -0.2) is 18.6 Å². The number of nitrogens with zero attached hydrogens (tertiary/aromatic N) is 4. The number of piperazine rings is 1. The molecule has 0 spiro atoms. The number of benzene rings is 2. The van der Waals surface area contributed by atoms with Crippen molar-refractivity contribution in [2.24, 2.45) is 0 Å². The maximum atomic E-state index is 15.3. The molecule has 0 bridgehead atoms. The zero-order valence-corrected chi connectivity index (χ0v) is 22.1. The van der Waals surface area contributed by atoms with E-state index >= 15 is 4.39 Å². The Bertz CT molecular complexity index is 1360. The van der Waals surface area contributed by atoms with Crippen molar-refractivity contribution in [3.8, 4) is 11.3 Å². The normalized spacial score (nSPS) is 19.2. The summed E-state index contributed by atoms with van der Waals surface area (Å²) in [4.78, 5) is 33.4. The molecule has 3 aromatic rings. The van der Waals surface area contributed by atoms with Gasteiger partial charge in [-0.15, -0.1) is 0 Å². The maximum Gasteiger partial charge on any atom is 0.414 e. The van der Waals surface area contributed by atoms with Crippen LogP contribution in [0.4, 0.5) is 30.6 Å². The molecule has 2 atom stereocenters. The SMILES string of the molecule is CCC(C)(NC(C)=O)[C@@H]1CN(c2ccc(N3CCN(c4ccc(-c5cnco5)cc4F)CC3)c(F)c2)C(=O)O1. The fourth-order valence-electron chi connectivity index (χ4n) is 5.19. The van der Waals surface area contributed by atoms with Gasteiger partial charge in [0.2, 0.25) is 5.91 Å². The molecular formula is C28H31F2N5O4. The Labute approximate surface area is 225 Å². The third-order valence-electron chi connectivity index (χ3n) is 7.59. The summed E-state index contributed by atoms with van der Waals surface area (Å²) in [6.45, 7) is 7.37. The summed E-state index contributed by atoms with van der Waals surface area (Å²) in [7, 11) is 0. The van der Waals surface area contributed by atoms with Crippen LogP contribution in [-0.2, 0) is 9.53 Å². The number of halogens is 2. The van der Waals surface area contributed by atoms with Gasteiger partial charge in [0.05, 0.1) is 35.3 Å². The monoisotopic (exact) mass is 539 g/mol. The molecule has 9 nitrogen and oxygen atoms in total. The van der Waals surface area contributed by atoms with Gasteiger partial charge >= 0.3 is 6.09 Å². The molecule has 2 aliphatic rings. The number of amides is 2. The Morgan fingerprint density at radius 2 is 1.72 bits per heavy atom. The van der Waals surface area contributed by atoms with Crippen LogP contribution in [0.1, 0.15) is 27.2 Å². The lowest BCUT2D eigenvalue weighted by Crippen LogP contribution is -2.54. The molecule has 39 heavy (non-hydrogen) atoms. The Morgan fingerprint density at radius 1 is 1.08 bits per heavy atom. The van der Waals surface area contributed by atoms with E-state index in [-0.39, 0.29) is 18.3 Å². The quantitative estimate of drug-likeness (QED) is 0.470. The zero-order valence-electron chi connectivity index (χ0n) is 22.1. The van der Waals surface area contributed by atoms with E-state index in [2.05, 4.69) is 10.3 Å². The Balaban J connectivity index is 1.24. The van der Waals surface area contributed by atoms with Crippen LogP contribution in [-0.4, -0.2) is 61.4 Å². The molecule has 3 heterocycles. The van der Waals surface area contributed by atoms with Gasteiger partial charge in [-0.2, -0.15) is 0 Å². The lowest BCUT2D eigenvalue weighted by atomic mass is 9.91. The van der Waals surface area contributed by atoms with E-state index in [4.69, 9.17) is 9.15 Å². The van der Waals surface area contributed by atoms with Crippen LogP contribution in [0.15, 0.2) is 53.4 Å². The van der Waals surface area contributed by atoms with E-state index in [1.54, 1.807) is 24.3 Å². The van der Waals surface area contributed by atoms with Gasteiger partial charge in [-0.3, -0.25) is 9.69 Å². The third-order valence-corrected chi connectivity index (χ3v) is 7.59. The summed E-state index contributed by atoms with van der Waals surface area (Å²) < 4.78 is 41.0. The van der Waals surface area contributed by atoms with Gasteiger partial charge in [-0.05, 0) is 49.7 Å². The van der Waals surface area contributed by atoms with Crippen molar-refractivity contribution < 1.29 is 27.5 Å². The first-order valence-electron chi connectivity index (χ1n) is 12.9. The molecule has 5 rings (SSSR count). The van der Waals surface area contributed by atoms with Crippen molar-refractivity contribution >= 4 is 29.1 Å². The predicted molar refractivity (Wildman–Crippen MR) is 143 cm³/mol. The average molecular weight is 540 g/mol. The number of rotatable bonds is 7.